The maximum absolute atomic E-state index is 11.9. The van der Waals surface area contributed by atoms with Gasteiger partial charge in [0.1, 0.15) is 0 Å². The van der Waals surface area contributed by atoms with Gasteiger partial charge in [-0.05, 0) is 32.4 Å². The number of fused-ring (bicyclic) bond motifs is 1. The molecule has 1 atom stereocenters. The number of piperidine rings is 1. The molecule has 0 amide bonds. The quantitative estimate of drug-likeness (QED) is 0.473. The second kappa shape index (κ2) is 6.96. The van der Waals surface area contributed by atoms with Crippen LogP contribution in [0.3, 0.4) is 0 Å². The lowest BCUT2D eigenvalue weighted by atomic mass is 9.98. The number of nitro groups is 1. The van der Waals surface area contributed by atoms with Crippen molar-refractivity contribution in [2.24, 2.45) is 5.92 Å². The van der Waals surface area contributed by atoms with Gasteiger partial charge in [-0.25, -0.2) is 0 Å². The van der Waals surface area contributed by atoms with E-state index >= 15 is 0 Å². The minimum absolute atomic E-state index is 0.0484. The van der Waals surface area contributed by atoms with E-state index in [9.17, 15) is 14.9 Å². The Bertz CT molecular complexity index is 758. The average Bonchev–Trinajstić information content (AvgIpc) is 2.97. The molecule has 0 spiro atoms. The normalized spacial score (nSPS) is 18.6. The van der Waals surface area contributed by atoms with Crippen molar-refractivity contribution in [2.45, 2.75) is 26.4 Å². The Morgan fingerprint density at radius 2 is 2.33 bits per heavy atom. The molecule has 1 aliphatic rings. The van der Waals surface area contributed by atoms with E-state index in [1.165, 1.54) is 12.1 Å². The number of likely N-dealkylation sites (tertiary alicyclic amines) is 1. The number of esters is 1. The van der Waals surface area contributed by atoms with Crippen molar-refractivity contribution in [3.8, 4) is 0 Å². The lowest BCUT2D eigenvalue weighted by Gasteiger charge is -2.31. The summed E-state index contributed by atoms with van der Waals surface area (Å²) >= 11 is 0. The predicted molar refractivity (Wildman–Crippen MR) is 87.3 cm³/mol. The van der Waals surface area contributed by atoms with E-state index in [0.717, 1.165) is 30.3 Å². The van der Waals surface area contributed by atoms with Gasteiger partial charge in [-0.15, -0.1) is 0 Å². The van der Waals surface area contributed by atoms with Crippen molar-refractivity contribution in [1.82, 2.24) is 14.7 Å². The van der Waals surface area contributed by atoms with E-state index in [-0.39, 0.29) is 17.6 Å². The maximum atomic E-state index is 11.9. The lowest BCUT2D eigenvalue weighted by Crippen LogP contribution is -2.40. The van der Waals surface area contributed by atoms with E-state index in [4.69, 9.17) is 4.74 Å². The van der Waals surface area contributed by atoms with Crippen LogP contribution >= 0.6 is 0 Å². The van der Waals surface area contributed by atoms with Crippen LogP contribution in [0.15, 0.2) is 24.4 Å². The van der Waals surface area contributed by atoms with Crippen LogP contribution in [0.2, 0.25) is 0 Å². The van der Waals surface area contributed by atoms with Gasteiger partial charge in [0.05, 0.1) is 35.8 Å². The number of non-ortho nitro benzene ring substituents is 1. The number of carbonyl (C=O) groups is 1. The summed E-state index contributed by atoms with van der Waals surface area (Å²) < 4.78 is 6.86. The number of nitro benzene ring substituents is 1. The van der Waals surface area contributed by atoms with Crippen molar-refractivity contribution >= 4 is 22.6 Å². The Morgan fingerprint density at radius 1 is 1.50 bits per heavy atom. The highest BCUT2D eigenvalue weighted by molar-refractivity contribution is 5.81. The highest BCUT2D eigenvalue weighted by Crippen LogP contribution is 2.23. The Labute approximate surface area is 139 Å². The fourth-order valence-electron chi connectivity index (χ4n) is 3.11. The van der Waals surface area contributed by atoms with Crippen LogP contribution in [-0.4, -0.2) is 45.3 Å². The molecule has 1 fully saturated rings. The summed E-state index contributed by atoms with van der Waals surface area (Å²) in [4.78, 5) is 24.6. The van der Waals surface area contributed by atoms with Gasteiger partial charge in [0, 0.05) is 24.1 Å². The molecule has 8 nitrogen and oxygen atoms in total. The monoisotopic (exact) mass is 332 g/mol. The zero-order valence-electron chi connectivity index (χ0n) is 13.6. The molecule has 3 rings (SSSR count). The number of aromatic nitrogens is 2. The summed E-state index contributed by atoms with van der Waals surface area (Å²) in [6.07, 6.45) is 3.45. The Balaban J connectivity index is 1.75. The molecule has 0 unspecified atom stereocenters. The van der Waals surface area contributed by atoms with Crippen LogP contribution in [0, 0.1) is 16.0 Å². The largest absolute Gasteiger partial charge is 0.466 e. The standard InChI is InChI=1S/C16H20N4O4/c1-2-24-16(21)13-4-3-7-18(10-13)11-19-15-8-14(20(22)23)6-5-12(15)9-17-19/h5-6,8-9,13H,2-4,7,10-11H2,1H3/t13-/m1/s1. The summed E-state index contributed by atoms with van der Waals surface area (Å²) in [5.74, 6) is -0.266. The van der Waals surface area contributed by atoms with E-state index in [2.05, 4.69) is 10.00 Å². The summed E-state index contributed by atoms with van der Waals surface area (Å²) in [5, 5.41) is 16.2. The summed E-state index contributed by atoms with van der Waals surface area (Å²) in [6.45, 7) is 4.19. The smallest absolute Gasteiger partial charge is 0.310 e. The minimum Gasteiger partial charge on any atom is -0.466 e. The highest BCUT2D eigenvalue weighted by Gasteiger charge is 2.27. The lowest BCUT2D eigenvalue weighted by molar-refractivity contribution is -0.384. The maximum Gasteiger partial charge on any atom is 0.310 e. The Morgan fingerprint density at radius 3 is 3.08 bits per heavy atom. The van der Waals surface area contributed by atoms with Gasteiger partial charge in [-0.3, -0.25) is 24.5 Å². The number of hydrogen-bond acceptors (Lipinski definition) is 6. The summed E-state index contributed by atoms with van der Waals surface area (Å²) in [7, 11) is 0. The zero-order chi connectivity index (χ0) is 17.1. The van der Waals surface area contributed by atoms with E-state index in [1.807, 2.05) is 0 Å². The van der Waals surface area contributed by atoms with E-state index in [1.54, 1.807) is 23.9 Å². The molecule has 1 saturated heterocycles. The molecule has 2 aromatic rings. The molecule has 128 valence electrons. The fraction of sp³-hybridized carbons (Fsp3) is 0.500. The van der Waals surface area contributed by atoms with Crippen LogP contribution < -0.4 is 0 Å². The first-order chi connectivity index (χ1) is 11.6. The second-order valence-corrected chi connectivity index (χ2v) is 5.95. The number of ether oxygens (including phenoxy) is 1. The number of carbonyl (C=O) groups excluding carboxylic acids is 1. The molecule has 0 radical (unpaired) electrons. The van der Waals surface area contributed by atoms with Gasteiger partial charge in [0.25, 0.3) is 5.69 Å². The molecule has 8 heteroatoms. The third-order valence-electron chi connectivity index (χ3n) is 4.30. The van der Waals surface area contributed by atoms with Crippen molar-refractivity contribution < 1.29 is 14.5 Å². The summed E-state index contributed by atoms with van der Waals surface area (Å²) in [5.41, 5.74) is 0.773. The number of benzene rings is 1. The predicted octanol–water partition coefficient (Wildman–Crippen LogP) is 2.18. The van der Waals surface area contributed by atoms with Gasteiger partial charge in [-0.2, -0.15) is 5.10 Å². The third kappa shape index (κ3) is 3.38. The Kier molecular flexibility index (Phi) is 4.75. The summed E-state index contributed by atoms with van der Waals surface area (Å²) in [6, 6.07) is 4.72. The van der Waals surface area contributed by atoms with Gasteiger partial charge < -0.3 is 4.74 Å². The molecule has 0 bridgehead atoms. The van der Waals surface area contributed by atoms with Gasteiger partial charge >= 0.3 is 5.97 Å². The molecule has 24 heavy (non-hydrogen) atoms. The molecule has 1 aromatic carbocycles. The molecule has 1 aliphatic heterocycles. The van der Waals surface area contributed by atoms with Gasteiger partial charge in [0.15, 0.2) is 0 Å². The van der Waals surface area contributed by atoms with Crippen molar-refractivity contribution in [2.75, 3.05) is 19.7 Å². The van der Waals surface area contributed by atoms with Crippen LogP contribution in [0.25, 0.3) is 10.9 Å². The van der Waals surface area contributed by atoms with Crippen LogP contribution in [0.5, 0.6) is 0 Å². The molecule has 0 saturated carbocycles. The molecule has 0 N–H and O–H groups in total. The molecular formula is C16H20N4O4. The van der Waals surface area contributed by atoms with Crippen molar-refractivity contribution in [1.29, 1.82) is 0 Å². The number of rotatable bonds is 5. The Hall–Kier alpha value is -2.48. The third-order valence-corrected chi connectivity index (χ3v) is 4.30. The second-order valence-electron chi connectivity index (χ2n) is 5.95. The van der Waals surface area contributed by atoms with Crippen LogP contribution in [0.1, 0.15) is 19.8 Å². The number of hydrogen-bond donors (Lipinski definition) is 0. The van der Waals surface area contributed by atoms with Crippen molar-refractivity contribution in [3.63, 3.8) is 0 Å². The topological polar surface area (TPSA) is 90.5 Å². The van der Waals surface area contributed by atoms with E-state index < -0.39 is 4.92 Å². The molecule has 2 heterocycles. The zero-order valence-corrected chi connectivity index (χ0v) is 13.6. The molecular weight excluding hydrogens is 312 g/mol. The van der Waals surface area contributed by atoms with Crippen molar-refractivity contribution in [3.05, 3.63) is 34.5 Å². The molecule has 0 aliphatic carbocycles. The highest BCUT2D eigenvalue weighted by atomic mass is 16.6. The van der Waals surface area contributed by atoms with Crippen LogP contribution in [-0.2, 0) is 16.2 Å². The van der Waals surface area contributed by atoms with Gasteiger partial charge in [0.2, 0.25) is 0 Å². The van der Waals surface area contributed by atoms with E-state index in [0.29, 0.717) is 19.8 Å². The van der Waals surface area contributed by atoms with Crippen LogP contribution in [0.4, 0.5) is 5.69 Å². The molecule has 1 aromatic heterocycles. The first-order valence-electron chi connectivity index (χ1n) is 8.07. The fourth-order valence-corrected chi connectivity index (χ4v) is 3.11. The minimum atomic E-state index is -0.408. The number of nitrogens with zero attached hydrogens (tertiary/aromatic N) is 4. The first kappa shape index (κ1) is 16.4. The van der Waals surface area contributed by atoms with Gasteiger partial charge in [-0.1, -0.05) is 0 Å². The average molecular weight is 332 g/mol. The SMILES string of the molecule is CCOC(=O)[C@@H]1CCCN(Cn2ncc3ccc([N+](=O)[O-])cc32)C1. The first-order valence-corrected chi connectivity index (χ1v) is 8.07.